The maximum absolute atomic E-state index is 12.2. The Hall–Kier alpha value is -2.70. The average Bonchev–Trinajstić information content (AvgIpc) is 3.17. The highest BCUT2D eigenvalue weighted by atomic mass is 32.1. The van der Waals surface area contributed by atoms with Gasteiger partial charge in [0.2, 0.25) is 5.91 Å². The van der Waals surface area contributed by atoms with E-state index in [-0.39, 0.29) is 30.7 Å². The number of amides is 1. The number of hydrogen-bond acceptors (Lipinski definition) is 5. The number of aliphatic hydroxyl groups excluding tert-OH is 1. The molecule has 0 saturated carbocycles. The SMILES string of the molecule is [2H]C([2H])(CC[C@H](O)c1ccccc1)C([2H])([2H])c1ccc(NC(=O)Cc2csc(N)n2)cc1. The van der Waals surface area contributed by atoms with Crippen molar-refractivity contribution < 1.29 is 15.4 Å². The molecule has 0 aliphatic heterocycles. The number of carbonyl (C=O) groups excluding carboxylic acids is 1. The van der Waals surface area contributed by atoms with Crippen LogP contribution < -0.4 is 11.1 Å². The van der Waals surface area contributed by atoms with Crippen LogP contribution in [0.3, 0.4) is 0 Å². The topological polar surface area (TPSA) is 88.2 Å². The number of nitrogens with zero attached hydrogens (tertiary/aromatic N) is 1. The first-order chi connectivity index (χ1) is 15.1. The molecule has 0 radical (unpaired) electrons. The van der Waals surface area contributed by atoms with E-state index in [0.29, 0.717) is 22.1 Å². The van der Waals surface area contributed by atoms with Crippen molar-refractivity contribution in [3.8, 4) is 0 Å². The fraction of sp³-hybridized carbons (Fsp3) is 0.273. The van der Waals surface area contributed by atoms with Gasteiger partial charge >= 0.3 is 0 Å². The van der Waals surface area contributed by atoms with E-state index in [9.17, 15) is 9.90 Å². The van der Waals surface area contributed by atoms with E-state index in [1.807, 2.05) is 6.07 Å². The predicted octanol–water partition coefficient (Wildman–Crippen LogP) is 4.35. The van der Waals surface area contributed by atoms with E-state index in [2.05, 4.69) is 10.3 Å². The molecule has 0 fully saturated rings. The zero-order valence-corrected chi connectivity index (χ0v) is 16.1. The molecule has 2 aromatic carbocycles. The van der Waals surface area contributed by atoms with E-state index in [0.717, 1.165) is 0 Å². The summed E-state index contributed by atoms with van der Waals surface area (Å²) in [6, 6.07) is 14.9. The first-order valence-corrected chi connectivity index (χ1v) is 9.80. The van der Waals surface area contributed by atoms with Crippen molar-refractivity contribution in [2.75, 3.05) is 11.1 Å². The minimum atomic E-state index is -2.29. The van der Waals surface area contributed by atoms with Gasteiger partial charge in [-0.15, -0.1) is 11.3 Å². The minimum Gasteiger partial charge on any atom is -0.388 e. The van der Waals surface area contributed by atoms with Gasteiger partial charge in [0.05, 0.1) is 18.2 Å². The number of nitrogen functional groups attached to an aromatic ring is 1. The van der Waals surface area contributed by atoms with Crippen molar-refractivity contribution in [3.63, 3.8) is 0 Å². The number of carbonyl (C=O) groups is 1. The van der Waals surface area contributed by atoms with Crippen LogP contribution in [0.15, 0.2) is 60.0 Å². The monoisotopic (exact) mass is 399 g/mol. The van der Waals surface area contributed by atoms with Crippen LogP contribution >= 0.6 is 11.3 Å². The molecule has 1 heterocycles. The third-order valence-corrected chi connectivity index (χ3v) is 4.76. The first-order valence-electron chi connectivity index (χ1n) is 10.9. The van der Waals surface area contributed by atoms with Crippen LogP contribution in [0.5, 0.6) is 0 Å². The maximum atomic E-state index is 12.2. The summed E-state index contributed by atoms with van der Waals surface area (Å²) in [4.78, 5) is 16.2. The highest BCUT2D eigenvalue weighted by Gasteiger charge is 2.08. The summed E-state index contributed by atoms with van der Waals surface area (Å²) in [5, 5.41) is 15.1. The summed E-state index contributed by atoms with van der Waals surface area (Å²) < 4.78 is 33.4. The number of aromatic nitrogens is 1. The Bertz CT molecular complexity index is 1040. The molecule has 146 valence electrons. The van der Waals surface area contributed by atoms with Gasteiger partial charge in [-0.05, 0) is 42.4 Å². The molecule has 0 unspecified atom stereocenters. The molecule has 0 aliphatic rings. The predicted molar refractivity (Wildman–Crippen MR) is 114 cm³/mol. The molecule has 0 saturated heterocycles. The van der Waals surface area contributed by atoms with Gasteiger partial charge in [-0.2, -0.15) is 0 Å². The standard InChI is InChI=1S/C22H25N3O2S/c23-22-25-19(15-28-22)14-21(27)24-18-12-10-16(11-13-18)6-4-5-9-20(26)17-7-2-1-3-8-17/h1-3,7-8,10-13,15,20,26H,4-6,9,14H2,(H2,23,25)(H,24,27)/t20-/m0/s1/i4D2,6D2. The number of anilines is 2. The highest BCUT2D eigenvalue weighted by Crippen LogP contribution is 2.20. The summed E-state index contributed by atoms with van der Waals surface area (Å²) >= 11 is 1.26. The molecule has 1 amide bonds. The number of nitrogens with two attached hydrogens (primary N) is 1. The minimum absolute atomic E-state index is 0.0720. The summed E-state index contributed by atoms with van der Waals surface area (Å²) in [6.07, 6.45) is -5.37. The molecular formula is C22H25N3O2S. The molecule has 3 rings (SSSR count). The Kier molecular flexibility index (Phi) is 5.45. The van der Waals surface area contributed by atoms with E-state index < -0.39 is 18.8 Å². The van der Waals surface area contributed by atoms with Crippen molar-refractivity contribution in [2.24, 2.45) is 0 Å². The lowest BCUT2D eigenvalue weighted by Gasteiger charge is -2.10. The molecule has 0 bridgehead atoms. The van der Waals surface area contributed by atoms with Gasteiger partial charge < -0.3 is 16.2 Å². The molecule has 4 N–H and O–H groups in total. The normalized spacial score (nSPS) is 15.0. The van der Waals surface area contributed by atoms with Crippen molar-refractivity contribution in [3.05, 3.63) is 76.8 Å². The summed E-state index contributed by atoms with van der Waals surface area (Å²) in [7, 11) is 0. The number of rotatable bonds is 9. The largest absolute Gasteiger partial charge is 0.388 e. The van der Waals surface area contributed by atoms with Gasteiger partial charge in [0.25, 0.3) is 0 Å². The number of benzene rings is 2. The maximum Gasteiger partial charge on any atom is 0.230 e. The fourth-order valence-corrected chi connectivity index (χ4v) is 3.19. The number of aryl methyl sites for hydroxylation is 1. The highest BCUT2D eigenvalue weighted by molar-refractivity contribution is 7.13. The van der Waals surface area contributed by atoms with Crippen LogP contribution in [-0.4, -0.2) is 16.0 Å². The second-order valence-electron chi connectivity index (χ2n) is 6.25. The van der Waals surface area contributed by atoms with Crippen LogP contribution in [0.4, 0.5) is 10.8 Å². The Morgan fingerprint density at radius 2 is 1.96 bits per heavy atom. The Morgan fingerprint density at radius 3 is 2.64 bits per heavy atom. The van der Waals surface area contributed by atoms with Crippen molar-refractivity contribution in [1.82, 2.24) is 4.98 Å². The van der Waals surface area contributed by atoms with Gasteiger partial charge in [-0.1, -0.05) is 48.9 Å². The Labute approximate surface area is 174 Å². The fourth-order valence-electron chi connectivity index (χ4n) is 2.63. The number of nitrogens with one attached hydrogen (secondary N) is 1. The van der Waals surface area contributed by atoms with Gasteiger partial charge in [0, 0.05) is 16.6 Å². The Balaban J connectivity index is 1.61. The number of hydrogen-bond donors (Lipinski definition) is 3. The summed E-state index contributed by atoms with van der Waals surface area (Å²) in [5.74, 6) is -0.281. The Morgan fingerprint density at radius 1 is 1.21 bits per heavy atom. The van der Waals surface area contributed by atoms with Crippen LogP contribution in [0, 0.1) is 0 Å². The van der Waals surface area contributed by atoms with E-state index in [4.69, 9.17) is 11.2 Å². The van der Waals surface area contributed by atoms with E-state index in [1.165, 1.54) is 35.6 Å². The molecule has 5 nitrogen and oxygen atoms in total. The summed E-state index contributed by atoms with van der Waals surface area (Å²) in [6.45, 7) is 0. The van der Waals surface area contributed by atoms with Crippen LogP contribution in [0.25, 0.3) is 0 Å². The molecule has 1 aromatic heterocycles. The molecule has 0 aliphatic carbocycles. The van der Waals surface area contributed by atoms with Crippen molar-refractivity contribution >= 4 is 28.1 Å². The molecule has 6 heteroatoms. The lowest BCUT2D eigenvalue weighted by atomic mass is 10.0. The van der Waals surface area contributed by atoms with Gasteiger partial charge in [-0.3, -0.25) is 4.79 Å². The van der Waals surface area contributed by atoms with Gasteiger partial charge in [0.1, 0.15) is 0 Å². The molecule has 28 heavy (non-hydrogen) atoms. The second kappa shape index (κ2) is 10.0. The molecule has 3 aromatic rings. The van der Waals surface area contributed by atoms with Gasteiger partial charge in [0.15, 0.2) is 5.13 Å². The van der Waals surface area contributed by atoms with E-state index >= 15 is 0 Å². The van der Waals surface area contributed by atoms with Crippen molar-refractivity contribution in [1.29, 1.82) is 0 Å². The number of aliphatic hydroxyl groups is 1. The molecular weight excluding hydrogens is 370 g/mol. The average molecular weight is 400 g/mol. The zero-order chi connectivity index (χ0) is 23.4. The number of thiazole rings is 1. The third-order valence-electron chi connectivity index (χ3n) is 4.04. The lowest BCUT2D eigenvalue weighted by Crippen LogP contribution is -2.14. The first kappa shape index (κ1) is 15.2. The zero-order valence-electron chi connectivity index (χ0n) is 19.3. The molecule has 0 spiro atoms. The van der Waals surface area contributed by atoms with Gasteiger partial charge in [-0.25, -0.2) is 4.98 Å². The quantitative estimate of drug-likeness (QED) is 0.499. The van der Waals surface area contributed by atoms with Crippen LogP contribution in [-0.2, 0) is 17.6 Å². The van der Waals surface area contributed by atoms with E-state index in [1.54, 1.807) is 29.6 Å². The van der Waals surface area contributed by atoms with Crippen LogP contribution in [0.1, 0.15) is 47.6 Å². The van der Waals surface area contributed by atoms with Crippen LogP contribution in [0.2, 0.25) is 0 Å². The molecule has 1 atom stereocenters. The summed E-state index contributed by atoms with van der Waals surface area (Å²) in [5.41, 5.74) is 7.43. The lowest BCUT2D eigenvalue weighted by molar-refractivity contribution is -0.115. The second-order valence-corrected chi connectivity index (χ2v) is 7.14. The third kappa shape index (κ3) is 6.18. The smallest absolute Gasteiger partial charge is 0.230 e. The van der Waals surface area contributed by atoms with Crippen molar-refractivity contribution in [2.45, 2.75) is 38.1 Å².